The number of hydrogen-bond donors (Lipinski definition) is 2. The van der Waals surface area contributed by atoms with Crippen LogP contribution >= 0.6 is 0 Å². The Morgan fingerprint density at radius 2 is 2.06 bits per heavy atom. The molecule has 0 atom stereocenters. The van der Waals surface area contributed by atoms with Gasteiger partial charge >= 0.3 is 5.97 Å². The summed E-state index contributed by atoms with van der Waals surface area (Å²) in [4.78, 5) is 26.1. The Hall–Kier alpha value is -1.96. The SMILES string of the molecule is CS(=O)(=O)CCNC(=O)c1ccncc1C(=O)O. The normalized spacial score (nSPS) is 10.9. The van der Waals surface area contributed by atoms with Crippen LogP contribution in [0.25, 0.3) is 0 Å². The van der Waals surface area contributed by atoms with Gasteiger partial charge in [0.05, 0.1) is 16.9 Å². The highest BCUT2D eigenvalue weighted by molar-refractivity contribution is 7.90. The van der Waals surface area contributed by atoms with Crippen LogP contribution in [-0.2, 0) is 9.84 Å². The second-order valence-corrected chi connectivity index (χ2v) is 5.87. The maximum absolute atomic E-state index is 11.7. The van der Waals surface area contributed by atoms with Crippen LogP contribution in [0, 0.1) is 0 Å². The molecule has 0 bridgehead atoms. The Labute approximate surface area is 104 Å². The predicted molar refractivity (Wildman–Crippen MR) is 63.2 cm³/mol. The Kier molecular flexibility index (Phi) is 4.38. The Morgan fingerprint density at radius 1 is 1.39 bits per heavy atom. The summed E-state index contributed by atoms with van der Waals surface area (Å²) >= 11 is 0. The van der Waals surface area contributed by atoms with Crippen LogP contribution in [0.5, 0.6) is 0 Å². The summed E-state index contributed by atoms with van der Waals surface area (Å²) in [6.07, 6.45) is 3.40. The van der Waals surface area contributed by atoms with Crippen molar-refractivity contribution in [2.75, 3.05) is 18.6 Å². The molecule has 0 aliphatic carbocycles. The number of carbonyl (C=O) groups excluding carboxylic acids is 1. The van der Waals surface area contributed by atoms with Gasteiger partial charge < -0.3 is 10.4 Å². The van der Waals surface area contributed by atoms with Crippen molar-refractivity contribution in [1.82, 2.24) is 10.3 Å². The lowest BCUT2D eigenvalue weighted by Crippen LogP contribution is -2.30. The molecule has 0 unspecified atom stereocenters. The van der Waals surface area contributed by atoms with E-state index in [9.17, 15) is 18.0 Å². The zero-order valence-electron chi connectivity index (χ0n) is 9.58. The Bertz CT molecular complexity index is 567. The number of hydrogen-bond acceptors (Lipinski definition) is 5. The third-order valence-electron chi connectivity index (χ3n) is 2.05. The van der Waals surface area contributed by atoms with Crippen LogP contribution in [-0.4, -0.2) is 48.9 Å². The molecule has 18 heavy (non-hydrogen) atoms. The first kappa shape index (κ1) is 14.1. The minimum absolute atomic E-state index is 0.0500. The van der Waals surface area contributed by atoms with E-state index in [2.05, 4.69) is 10.3 Å². The quantitative estimate of drug-likeness (QED) is 0.750. The zero-order chi connectivity index (χ0) is 13.8. The van der Waals surface area contributed by atoms with E-state index in [-0.39, 0.29) is 23.4 Å². The maximum Gasteiger partial charge on any atom is 0.338 e. The maximum atomic E-state index is 11.7. The van der Waals surface area contributed by atoms with Gasteiger partial charge in [-0.3, -0.25) is 9.78 Å². The van der Waals surface area contributed by atoms with Gasteiger partial charge in [-0.25, -0.2) is 13.2 Å². The van der Waals surface area contributed by atoms with E-state index < -0.39 is 21.7 Å². The lowest BCUT2D eigenvalue weighted by Gasteiger charge is -2.06. The molecule has 0 aliphatic heterocycles. The smallest absolute Gasteiger partial charge is 0.338 e. The monoisotopic (exact) mass is 272 g/mol. The van der Waals surface area contributed by atoms with E-state index in [1.54, 1.807) is 0 Å². The van der Waals surface area contributed by atoms with Crippen LogP contribution < -0.4 is 5.32 Å². The van der Waals surface area contributed by atoms with Crippen molar-refractivity contribution in [1.29, 1.82) is 0 Å². The largest absolute Gasteiger partial charge is 0.478 e. The zero-order valence-corrected chi connectivity index (χ0v) is 10.4. The van der Waals surface area contributed by atoms with Gasteiger partial charge in [0.15, 0.2) is 0 Å². The summed E-state index contributed by atoms with van der Waals surface area (Å²) in [6, 6.07) is 1.26. The molecule has 8 heteroatoms. The van der Waals surface area contributed by atoms with Crippen molar-refractivity contribution < 1.29 is 23.1 Å². The second-order valence-electron chi connectivity index (χ2n) is 3.61. The first-order valence-corrected chi connectivity index (χ1v) is 7.00. The van der Waals surface area contributed by atoms with Crippen LogP contribution in [0.15, 0.2) is 18.5 Å². The molecule has 0 aliphatic rings. The number of aromatic nitrogens is 1. The van der Waals surface area contributed by atoms with E-state index in [1.807, 2.05) is 0 Å². The van der Waals surface area contributed by atoms with Gasteiger partial charge in [-0.05, 0) is 6.07 Å². The molecule has 1 aromatic rings. The number of pyridine rings is 1. The second kappa shape index (κ2) is 5.58. The van der Waals surface area contributed by atoms with Gasteiger partial charge in [0.25, 0.3) is 5.91 Å². The number of amides is 1. The fourth-order valence-corrected chi connectivity index (χ4v) is 1.68. The summed E-state index contributed by atoms with van der Waals surface area (Å²) in [5.74, 6) is -2.11. The molecule has 0 radical (unpaired) electrons. The number of nitrogens with zero attached hydrogens (tertiary/aromatic N) is 1. The number of rotatable bonds is 5. The highest BCUT2D eigenvalue weighted by Gasteiger charge is 2.16. The van der Waals surface area contributed by atoms with Crippen molar-refractivity contribution in [3.8, 4) is 0 Å². The van der Waals surface area contributed by atoms with Crippen LogP contribution in [0.3, 0.4) is 0 Å². The fraction of sp³-hybridized carbons (Fsp3) is 0.300. The van der Waals surface area contributed by atoms with E-state index in [4.69, 9.17) is 5.11 Å². The number of carboxylic acids is 1. The number of aromatic carboxylic acids is 1. The van der Waals surface area contributed by atoms with Gasteiger partial charge in [-0.2, -0.15) is 0 Å². The summed E-state index contributed by atoms with van der Waals surface area (Å²) in [6.45, 7) is -0.0704. The van der Waals surface area contributed by atoms with Gasteiger partial charge in [-0.1, -0.05) is 0 Å². The van der Waals surface area contributed by atoms with Gasteiger partial charge in [0.2, 0.25) is 0 Å². The average molecular weight is 272 g/mol. The van der Waals surface area contributed by atoms with Crippen molar-refractivity contribution in [2.24, 2.45) is 0 Å². The topological polar surface area (TPSA) is 113 Å². The molecule has 1 heterocycles. The predicted octanol–water partition coefficient (Wildman–Crippen LogP) is -0.446. The summed E-state index contributed by atoms with van der Waals surface area (Å²) in [7, 11) is -3.17. The van der Waals surface area contributed by atoms with Crippen LogP contribution in [0.2, 0.25) is 0 Å². The van der Waals surface area contributed by atoms with Crippen molar-refractivity contribution in [2.45, 2.75) is 0 Å². The average Bonchev–Trinajstić information content (AvgIpc) is 2.27. The first-order chi connectivity index (χ1) is 8.31. The number of carbonyl (C=O) groups is 2. The van der Waals surface area contributed by atoms with E-state index in [1.165, 1.54) is 12.3 Å². The highest BCUT2D eigenvalue weighted by Crippen LogP contribution is 2.06. The van der Waals surface area contributed by atoms with Crippen molar-refractivity contribution in [3.05, 3.63) is 29.6 Å². The molecule has 0 spiro atoms. The van der Waals surface area contributed by atoms with E-state index in [0.717, 1.165) is 12.5 Å². The van der Waals surface area contributed by atoms with Gasteiger partial charge in [-0.15, -0.1) is 0 Å². The van der Waals surface area contributed by atoms with E-state index >= 15 is 0 Å². The van der Waals surface area contributed by atoms with E-state index in [0.29, 0.717) is 0 Å². The molecule has 2 N–H and O–H groups in total. The molecular weight excluding hydrogens is 260 g/mol. The molecule has 1 aromatic heterocycles. The fourth-order valence-electron chi connectivity index (χ4n) is 1.21. The number of carboxylic acid groups (broad SMARTS) is 1. The minimum Gasteiger partial charge on any atom is -0.478 e. The molecule has 0 fully saturated rings. The molecule has 1 amide bonds. The molecule has 0 saturated carbocycles. The molecule has 7 nitrogen and oxygen atoms in total. The Morgan fingerprint density at radius 3 is 2.61 bits per heavy atom. The third kappa shape index (κ3) is 4.13. The molecule has 0 aromatic carbocycles. The van der Waals surface area contributed by atoms with Crippen molar-refractivity contribution >= 4 is 21.7 Å². The summed E-state index contributed by atoms with van der Waals surface area (Å²) in [5, 5.41) is 11.2. The Balaban J connectivity index is 2.76. The highest BCUT2D eigenvalue weighted by atomic mass is 32.2. The lowest BCUT2D eigenvalue weighted by atomic mass is 10.1. The van der Waals surface area contributed by atoms with Crippen LogP contribution in [0.1, 0.15) is 20.7 Å². The lowest BCUT2D eigenvalue weighted by molar-refractivity contribution is 0.0690. The standard InChI is InChI=1S/C10H12N2O5S/c1-18(16,17)5-4-12-9(13)7-2-3-11-6-8(7)10(14)15/h2-3,6H,4-5H2,1H3,(H,12,13)(H,14,15). The third-order valence-corrected chi connectivity index (χ3v) is 3.00. The van der Waals surface area contributed by atoms with Gasteiger partial charge in [0, 0.05) is 25.2 Å². The van der Waals surface area contributed by atoms with Gasteiger partial charge in [0.1, 0.15) is 9.84 Å². The van der Waals surface area contributed by atoms with Crippen molar-refractivity contribution in [3.63, 3.8) is 0 Å². The summed E-state index contributed by atoms with van der Waals surface area (Å²) < 4.78 is 21.7. The van der Waals surface area contributed by atoms with Crippen LogP contribution in [0.4, 0.5) is 0 Å². The first-order valence-electron chi connectivity index (χ1n) is 4.94. The molecule has 98 valence electrons. The molecule has 1 rings (SSSR count). The minimum atomic E-state index is -3.17. The number of sulfone groups is 1. The molecule has 0 saturated heterocycles. The summed E-state index contributed by atoms with van der Waals surface area (Å²) in [5.41, 5.74) is -0.277. The number of nitrogens with one attached hydrogen (secondary N) is 1. The molecular formula is C10H12N2O5S.